The first-order chi connectivity index (χ1) is 16.4. The Balaban J connectivity index is 1.30. The summed E-state index contributed by atoms with van der Waals surface area (Å²) in [4.78, 5) is 24.9. The highest BCUT2D eigenvalue weighted by Gasteiger charge is 2.49. The average molecular weight is 473 g/mol. The van der Waals surface area contributed by atoms with Crippen molar-refractivity contribution in [1.29, 1.82) is 0 Å². The van der Waals surface area contributed by atoms with Gasteiger partial charge in [-0.05, 0) is 68.1 Å². The number of carbonyl (C=O) groups is 2. The van der Waals surface area contributed by atoms with Crippen LogP contribution in [-0.2, 0) is 4.79 Å². The summed E-state index contributed by atoms with van der Waals surface area (Å²) in [6, 6.07) is 7.15. The van der Waals surface area contributed by atoms with Crippen molar-refractivity contribution in [3.05, 3.63) is 59.4 Å². The van der Waals surface area contributed by atoms with Crippen LogP contribution >= 0.6 is 0 Å². The molecule has 4 N–H and O–H groups in total. The van der Waals surface area contributed by atoms with Gasteiger partial charge in [-0.3, -0.25) is 14.9 Å². The number of nitrogens with one attached hydrogen (secondary N) is 4. The zero-order chi connectivity index (χ0) is 23.8. The standard InChI is InChI=1S/C25H27F3N4O2/c26-17-7-5-13(11-18(17)27)24(33)30-14-6-8-20(19(28)12-14)31-21-9-10-29-23-22(21)15-3-1-2-4-16(15)25(34)32-23/h5-8,11-12,15-16,21-23,29,31H,1-4,9-10H2,(H,30,33)(H,32,34). The maximum Gasteiger partial charge on any atom is 0.255 e. The fourth-order valence-corrected chi connectivity index (χ4v) is 5.77. The number of hydrogen-bond acceptors (Lipinski definition) is 4. The monoisotopic (exact) mass is 472 g/mol. The van der Waals surface area contributed by atoms with Gasteiger partial charge in [0.05, 0.1) is 11.9 Å². The van der Waals surface area contributed by atoms with Gasteiger partial charge in [0, 0.05) is 29.1 Å². The number of anilines is 2. The van der Waals surface area contributed by atoms with E-state index in [-0.39, 0.29) is 47.1 Å². The summed E-state index contributed by atoms with van der Waals surface area (Å²) in [7, 11) is 0. The molecule has 1 saturated carbocycles. The summed E-state index contributed by atoms with van der Waals surface area (Å²) in [5.41, 5.74) is 0.461. The molecule has 6 nitrogen and oxygen atoms in total. The first-order valence-corrected chi connectivity index (χ1v) is 11.8. The average Bonchev–Trinajstić information content (AvgIpc) is 2.82. The minimum Gasteiger partial charge on any atom is -0.379 e. The Kier molecular flexibility index (Phi) is 6.20. The van der Waals surface area contributed by atoms with Crippen LogP contribution in [0.3, 0.4) is 0 Å². The number of amides is 2. The van der Waals surface area contributed by atoms with E-state index in [1.165, 1.54) is 6.07 Å². The van der Waals surface area contributed by atoms with Gasteiger partial charge >= 0.3 is 0 Å². The Labute approximate surface area is 195 Å². The minimum atomic E-state index is -1.13. The largest absolute Gasteiger partial charge is 0.379 e. The number of rotatable bonds is 4. The minimum absolute atomic E-state index is 0.00502. The van der Waals surface area contributed by atoms with E-state index >= 15 is 0 Å². The highest BCUT2D eigenvalue weighted by molar-refractivity contribution is 6.04. The Hall–Kier alpha value is -3.07. The zero-order valence-corrected chi connectivity index (χ0v) is 18.5. The molecule has 3 aliphatic rings. The number of halogens is 3. The molecule has 2 aliphatic heterocycles. The molecule has 0 spiro atoms. The van der Waals surface area contributed by atoms with Crippen LogP contribution in [0, 0.1) is 35.2 Å². The number of piperidine rings is 2. The van der Waals surface area contributed by atoms with Crippen LogP contribution < -0.4 is 21.3 Å². The molecule has 34 heavy (non-hydrogen) atoms. The molecule has 5 atom stereocenters. The van der Waals surface area contributed by atoms with E-state index in [9.17, 15) is 22.8 Å². The number of benzene rings is 2. The van der Waals surface area contributed by atoms with Gasteiger partial charge in [-0.15, -0.1) is 0 Å². The lowest BCUT2D eigenvalue weighted by molar-refractivity contribution is -0.136. The van der Waals surface area contributed by atoms with Crippen molar-refractivity contribution in [3.63, 3.8) is 0 Å². The summed E-state index contributed by atoms with van der Waals surface area (Å²) >= 11 is 0. The van der Waals surface area contributed by atoms with E-state index in [2.05, 4.69) is 21.3 Å². The van der Waals surface area contributed by atoms with Gasteiger partial charge in [0.15, 0.2) is 11.6 Å². The van der Waals surface area contributed by atoms with Crippen LogP contribution in [0.15, 0.2) is 36.4 Å². The molecule has 1 aliphatic carbocycles. The lowest BCUT2D eigenvalue weighted by Crippen LogP contribution is -2.67. The molecule has 2 aromatic rings. The molecule has 0 bridgehead atoms. The van der Waals surface area contributed by atoms with Crippen molar-refractivity contribution < 1.29 is 22.8 Å². The highest BCUT2D eigenvalue weighted by atomic mass is 19.2. The third-order valence-electron chi connectivity index (χ3n) is 7.37. The molecule has 5 rings (SSSR count). The molecule has 9 heteroatoms. The zero-order valence-electron chi connectivity index (χ0n) is 18.5. The molecule has 0 radical (unpaired) electrons. The van der Waals surface area contributed by atoms with Gasteiger partial charge in [0.25, 0.3) is 5.91 Å². The molecule has 2 saturated heterocycles. The summed E-state index contributed by atoms with van der Waals surface area (Å²) in [5.74, 6) is -2.82. The number of carbonyl (C=O) groups excluding carboxylic acids is 2. The third-order valence-corrected chi connectivity index (χ3v) is 7.37. The molecule has 2 heterocycles. The second kappa shape index (κ2) is 9.29. The topological polar surface area (TPSA) is 82.3 Å². The molecule has 0 aromatic heterocycles. The van der Waals surface area contributed by atoms with Crippen LogP contribution in [0.2, 0.25) is 0 Å². The Morgan fingerprint density at radius 2 is 1.76 bits per heavy atom. The lowest BCUT2D eigenvalue weighted by Gasteiger charge is -2.51. The van der Waals surface area contributed by atoms with E-state index in [0.717, 1.165) is 50.3 Å². The van der Waals surface area contributed by atoms with Crippen molar-refractivity contribution in [2.45, 2.75) is 44.3 Å². The molecule has 5 unspecified atom stereocenters. The Morgan fingerprint density at radius 3 is 2.56 bits per heavy atom. The Bertz CT molecular complexity index is 1110. The molecule has 2 aromatic carbocycles. The molecule has 2 amide bonds. The van der Waals surface area contributed by atoms with Crippen molar-refractivity contribution >= 4 is 23.2 Å². The molecule has 3 fully saturated rings. The first-order valence-electron chi connectivity index (χ1n) is 11.8. The van der Waals surface area contributed by atoms with Gasteiger partial charge in [-0.2, -0.15) is 0 Å². The van der Waals surface area contributed by atoms with Crippen LogP contribution in [0.5, 0.6) is 0 Å². The summed E-state index contributed by atoms with van der Waals surface area (Å²) in [5, 5.41) is 12.4. The van der Waals surface area contributed by atoms with E-state index in [1.807, 2.05) is 0 Å². The quantitative estimate of drug-likeness (QED) is 0.542. The fourth-order valence-electron chi connectivity index (χ4n) is 5.77. The molecular weight excluding hydrogens is 445 g/mol. The predicted octanol–water partition coefficient (Wildman–Crippen LogP) is 4.01. The maximum absolute atomic E-state index is 15.0. The summed E-state index contributed by atoms with van der Waals surface area (Å²) < 4.78 is 41.5. The van der Waals surface area contributed by atoms with Crippen LogP contribution in [0.25, 0.3) is 0 Å². The van der Waals surface area contributed by atoms with E-state index in [0.29, 0.717) is 12.2 Å². The van der Waals surface area contributed by atoms with E-state index in [4.69, 9.17) is 0 Å². The predicted molar refractivity (Wildman–Crippen MR) is 122 cm³/mol. The van der Waals surface area contributed by atoms with Crippen LogP contribution in [0.1, 0.15) is 42.5 Å². The van der Waals surface area contributed by atoms with Crippen molar-refractivity contribution in [3.8, 4) is 0 Å². The van der Waals surface area contributed by atoms with Crippen molar-refractivity contribution in [1.82, 2.24) is 10.6 Å². The van der Waals surface area contributed by atoms with Gasteiger partial charge in [-0.1, -0.05) is 12.8 Å². The Morgan fingerprint density at radius 1 is 0.941 bits per heavy atom. The summed E-state index contributed by atoms with van der Waals surface area (Å²) in [6.45, 7) is 0.709. The van der Waals surface area contributed by atoms with Crippen molar-refractivity contribution in [2.75, 3.05) is 17.2 Å². The fraction of sp³-hybridized carbons (Fsp3) is 0.440. The van der Waals surface area contributed by atoms with E-state index < -0.39 is 23.4 Å². The second-order valence-corrected chi connectivity index (χ2v) is 9.39. The normalized spacial score (nSPS) is 28.3. The number of hydrogen-bond donors (Lipinski definition) is 4. The SMILES string of the molecule is O=C(Nc1ccc(NC2CCNC3NC(=O)C4CCCCC4C23)c(F)c1)c1ccc(F)c(F)c1. The van der Waals surface area contributed by atoms with E-state index in [1.54, 1.807) is 12.1 Å². The van der Waals surface area contributed by atoms with Gasteiger partial charge in [0.1, 0.15) is 5.82 Å². The van der Waals surface area contributed by atoms with Gasteiger partial charge in [-0.25, -0.2) is 13.2 Å². The third kappa shape index (κ3) is 4.36. The lowest BCUT2D eigenvalue weighted by atomic mass is 9.65. The van der Waals surface area contributed by atoms with Gasteiger partial charge < -0.3 is 16.0 Å². The molecular formula is C25H27F3N4O2. The summed E-state index contributed by atoms with van der Waals surface area (Å²) in [6.07, 6.45) is 4.73. The highest BCUT2D eigenvalue weighted by Crippen LogP contribution is 2.43. The smallest absolute Gasteiger partial charge is 0.255 e. The van der Waals surface area contributed by atoms with Gasteiger partial charge in [0.2, 0.25) is 5.91 Å². The maximum atomic E-state index is 15.0. The second-order valence-electron chi connectivity index (χ2n) is 9.39. The van der Waals surface area contributed by atoms with Crippen molar-refractivity contribution in [2.24, 2.45) is 17.8 Å². The van der Waals surface area contributed by atoms with Crippen LogP contribution in [-0.4, -0.2) is 30.6 Å². The molecule has 180 valence electrons. The van der Waals surface area contributed by atoms with Crippen LogP contribution in [0.4, 0.5) is 24.5 Å². The number of fused-ring (bicyclic) bond motifs is 3. The first kappa shape index (κ1) is 22.7.